The topological polar surface area (TPSA) is 53.5 Å². The van der Waals surface area contributed by atoms with Crippen molar-refractivity contribution in [2.45, 2.75) is 50.9 Å². The zero-order valence-corrected chi connectivity index (χ0v) is 8.83. The molecule has 0 aromatic carbocycles. The first kappa shape index (κ1) is 9.33. The number of hydrogen-bond donors (Lipinski definition) is 2. The predicted octanol–water partition coefficient (Wildman–Crippen LogP) is 0.783. The molecule has 0 aromatic rings. The van der Waals surface area contributed by atoms with Crippen molar-refractivity contribution < 1.29 is 4.79 Å². The number of amides is 1. The number of nitrogens with zero attached hydrogens (tertiary/aromatic N) is 1. The van der Waals surface area contributed by atoms with E-state index >= 15 is 0 Å². The molecule has 2 aliphatic carbocycles. The molecule has 2 N–H and O–H groups in total. The molecule has 2 unspecified atom stereocenters. The van der Waals surface area contributed by atoms with E-state index in [1.165, 1.54) is 44.7 Å². The summed E-state index contributed by atoms with van der Waals surface area (Å²) in [6.45, 7) is 0. The fourth-order valence-electron chi connectivity index (χ4n) is 3.02. The highest BCUT2D eigenvalue weighted by molar-refractivity contribution is 6.27. The lowest BCUT2D eigenvalue weighted by Gasteiger charge is -2.23. The van der Waals surface area contributed by atoms with Gasteiger partial charge in [0.2, 0.25) is 0 Å². The maximum absolute atomic E-state index is 10.9. The van der Waals surface area contributed by atoms with Gasteiger partial charge in [-0.2, -0.15) is 0 Å². The molecule has 0 bridgehead atoms. The van der Waals surface area contributed by atoms with Crippen molar-refractivity contribution in [1.82, 2.24) is 10.6 Å². The largest absolute Gasteiger partial charge is 0.317 e. The molecule has 0 aromatic heterocycles. The average Bonchev–Trinajstić information content (AvgIpc) is 2.70. The molecular weight excluding hydrogens is 190 g/mol. The molecule has 4 nitrogen and oxygen atoms in total. The van der Waals surface area contributed by atoms with Gasteiger partial charge < -0.3 is 5.32 Å². The molecule has 4 heteroatoms. The summed E-state index contributed by atoms with van der Waals surface area (Å²) in [6.07, 6.45) is 9.33. The lowest BCUT2D eigenvalue weighted by atomic mass is 9.86. The smallest absolute Gasteiger partial charge is 0.264 e. The van der Waals surface area contributed by atoms with E-state index in [1.54, 1.807) is 0 Å². The number of aliphatic imine (C=N–C) groups is 1. The summed E-state index contributed by atoms with van der Waals surface area (Å²) in [6, 6.07) is 0.582. The van der Waals surface area contributed by atoms with Crippen molar-refractivity contribution >= 4 is 12.1 Å². The standard InChI is InChI=1S/C11H17N3O/c15-9-7-12-10(14-9)13-8-6-11(8)4-2-1-3-5-11/h7-8,10,13H,1-6H2,(H,14,15). The van der Waals surface area contributed by atoms with E-state index in [0.717, 1.165) is 0 Å². The normalized spacial score (nSPS) is 36.9. The third-order valence-electron chi connectivity index (χ3n) is 4.02. The molecule has 82 valence electrons. The van der Waals surface area contributed by atoms with Gasteiger partial charge in [-0.1, -0.05) is 19.3 Å². The molecule has 1 aliphatic heterocycles. The summed E-state index contributed by atoms with van der Waals surface area (Å²) in [5.74, 6) is -0.0779. The molecule has 0 saturated heterocycles. The van der Waals surface area contributed by atoms with Crippen molar-refractivity contribution in [3.8, 4) is 0 Å². The van der Waals surface area contributed by atoms with E-state index in [0.29, 0.717) is 11.5 Å². The molecule has 2 fully saturated rings. The Kier molecular flexibility index (Phi) is 2.06. The summed E-state index contributed by atoms with van der Waals surface area (Å²) < 4.78 is 0. The van der Waals surface area contributed by atoms with E-state index in [4.69, 9.17) is 0 Å². The van der Waals surface area contributed by atoms with Crippen molar-refractivity contribution in [1.29, 1.82) is 0 Å². The maximum atomic E-state index is 10.9. The van der Waals surface area contributed by atoms with Crippen LogP contribution < -0.4 is 10.6 Å². The van der Waals surface area contributed by atoms with Gasteiger partial charge in [0.15, 0.2) is 6.29 Å². The maximum Gasteiger partial charge on any atom is 0.264 e. The monoisotopic (exact) mass is 207 g/mol. The Bertz CT molecular complexity index is 307. The van der Waals surface area contributed by atoms with Crippen LogP contribution in [0.1, 0.15) is 38.5 Å². The lowest BCUT2D eigenvalue weighted by molar-refractivity contribution is -0.114. The first-order chi connectivity index (χ1) is 7.28. The van der Waals surface area contributed by atoms with Crippen LogP contribution in [0.4, 0.5) is 0 Å². The van der Waals surface area contributed by atoms with Crippen LogP contribution in [-0.2, 0) is 4.79 Å². The van der Waals surface area contributed by atoms with Gasteiger partial charge in [0.25, 0.3) is 5.91 Å². The van der Waals surface area contributed by atoms with Crippen LogP contribution in [-0.4, -0.2) is 24.5 Å². The quantitative estimate of drug-likeness (QED) is 0.703. The molecule has 2 atom stereocenters. The third kappa shape index (κ3) is 1.67. The molecule has 1 heterocycles. The Hall–Kier alpha value is -0.900. The van der Waals surface area contributed by atoms with E-state index in [9.17, 15) is 4.79 Å². The lowest BCUT2D eigenvalue weighted by Crippen LogP contribution is -2.42. The second-order valence-corrected chi connectivity index (χ2v) is 5.04. The van der Waals surface area contributed by atoms with Gasteiger partial charge in [-0.15, -0.1) is 0 Å². The molecular formula is C11H17N3O. The van der Waals surface area contributed by atoms with Crippen LogP contribution in [0.25, 0.3) is 0 Å². The van der Waals surface area contributed by atoms with E-state index < -0.39 is 0 Å². The van der Waals surface area contributed by atoms with Gasteiger partial charge in [0.1, 0.15) is 0 Å². The molecule has 3 aliphatic rings. The van der Waals surface area contributed by atoms with Crippen molar-refractivity contribution in [2.24, 2.45) is 10.4 Å². The summed E-state index contributed by atoms with van der Waals surface area (Å²) in [7, 11) is 0. The molecule has 1 amide bonds. The van der Waals surface area contributed by atoms with Crippen molar-refractivity contribution in [3.63, 3.8) is 0 Å². The van der Waals surface area contributed by atoms with Gasteiger partial charge in [-0.25, -0.2) is 4.99 Å². The number of nitrogens with one attached hydrogen (secondary N) is 2. The highest BCUT2D eigenvalue weighted by Gasteiger charge is 2.54. The fourth-order valence-corrected chi connectivity index (χ4v) is 3.02. The van der Waals surface area contributed by atoms with Gasteiger partial charge in [-0.05, 0) is 24.7 Å². The van der Waals surface area contributed by atoms with Gasteiger partial charge >= 0.3 is 0 Å². The van der Waals surface area contributed by atoms with Crippen LogP contribution >= 0.6 is 0 Å². The minimum atomic E-state index is -0.163. The van der Waals surface area contributed by atoms with E-state index in [2.05, 4.69) is 15.6 Å². The van der Waals surface area contributed by atoms with Crippen molar-refractivity contribution in [3.05, 3.63) is 0 Å². The Morgan fingerprint density at radius 3 is 2.87 bits per heavy atom. The second kappa shape index (κ2) is 3.30. The Morgan fingerprint density at radius 1 is 1.40 bits per heavy atom. The van der Waals surface area contributed by atoms with Crippen LogP contribution in [0, 0.1) is 5.41 Å². The molecule has 1 spiro atoms. The summed E-state index contributed by atoms with van der Waals surface area (Å²) in [5.41, 5.74) is 0.557. The first-order valence-corrected chi connectivity index (χ1v) is 5.88. The highest BCUT2D eigenvalue weighted by Crippen LogP contribution is 2.56. The van der Waals surface area contributed by atoms with Gasteiger partial charge in [0, 0.05) is 6.04 Å². The van der Waals surface area contributed by atoms with Crippen LogP contribution in [0.15, 0.2) is 4.99 Å². The number of hydrogen-bond acceptors (Lipinski definition) is 3. The van der Waals surface area contributed by atoms with E-state index in [1.807, 2.05) is 0 Å². The summed E-state index contributed by atoms with van der Waals surface area (Å²) >= 11 is 0. The fraction of sp³-hybridized carbons (Fsp3) is 0.818. The molecule has 3 rings (SSSR count). The van der Waals surface area contributed by atoms with Crippen LogP contribution in [0.3, 0.4) is 0 Å². The van der Waals surface area contributed by atoms with Gasteiger partial charge in [-0.3, -0.25) is 10.1 Å². The number of carbonyl (C=O) groups excluding carboxylic acids is 1. The predicted molar refractivity (Wildman–Crippen MR) is 57.5 cm³/mol. The first-order valence-electron chi connectivity index (χ1n) is 5.88. The Morgan fingerprint density at radius 2 is 2.20 bits per heavy atom. The summed E-state index contributed by atoms with van der Waals surface area (Å²) in [5, 5.41) is 6.19. The Balaban J connectivity index is 1.54. The van der Waals surface area contributed by atoms with Gasteiger partial charge in [0.05, 0.1) is 6.21 Å². The zero-order valence-electron chi connectivity index (χ0n) is 8.83. The average molecular weight is 207 g/mol. The summed E-state index contributed by atoms with van der Waals surface area (Å²) in [4.78, 5) is 15.0. The molecule has 15 heavy (non-hydrogen) atoms. The number of carbonyl (C=O) groups is 1. The second-order valence-electron chi connectivity index (χ2n) is 5.04. The van der Waals surface area contributed by atoms with Crippen molar-refractivity contribution in [2.75, 3.05) is 0 Å². The molecule has 0 radical (unpaired) electrons. The minimum absolute atomic E-state index is 0.0779. The third-order valence-corrected chi connectivity index (χ3v) is 4.02. The van der Waals surface area contributed by atoms with Crippen LogP contribution in [0.2, 0.25) is 0 Å². The SMILES string of the molecule is O=C1C=NC(NC2CC23CCCCC3)N1. The highest BCUT2D eigenvalue weighted by atomic mass is 16.2. The number of rotatable bonds is 2. The Labute approximate surface area is 89.5 Å². The minimum Gasteiger partial charge on any atom is -0.317 e. The molecule has 2 saturated carbocycles. The zero-order chi connectivity index (χ0) is 10.3. The van der Waals surface area contributed by atoms with Crippen LogP contribution in [0.5, 0.6) is 0 Å². The van der Waals surface area contributed by atoms with E-state index in [-0.39, 0.29) is 12.2 Å².